The van der Waals surface area contributed by atoms with Crippen molar-refractivity contribution in [2.45, 2.75) is 78.0 Å². The van der Waals surface area contributed by atoms with Crippen molar-refractivity contribution in [1.29, 1.82) is 0 Å². The predicted molar refractivity (Wildman–Crippen MR) is 265 cm³/mol. The van der Waals surface area contributed by atoms with Gasteiger partial charge in [0, 0.05) is 56.3 Å². The summed E-state index contributed by atoms with van der Waals surface area (Å²) in [7, 11) is -10.5. The molecule has 4 atom stereocenters. The van der Waals surface area contributed by atoms with Crippen LogP contribution in [0, 0.1) is 46.5 Å². The Balaban J connectivity index is 0.000000311. The van der Waals surface area contributed by atoms with E-state index in [9.17, 15) is 45.3 Å². The Kier molecular flexibility index (Phi) is 21.2. The van der Waals surface area contributed by atoms with E-state index in [1.54, 1.807) is 0 Å². The molecule has 0 amide bonds. The zero-order valence-corrected chi connectivity index (χ0v) is 42.3. The molecule has 2 N–H and O–H groups in total. The third-order valence-electron chi connectivity index (χ3n) is 11.5. The Morgan fingerprint density at radius 3 is 1.32 bits per heavy atom. The van der Waals surface area contributed by atoms with Gasteiger partial charge in [-0.2, -0.15) is 10.2 Å². The van der Waals surface area contributed by atoms with Gasteiger partial charge in [-0.15, -0.1) is 0 Å². The summed E-state index contributed by atoms with van der Waals surface area (Å²) in [6.45, 7) is -0.0223. The molecule has 0 radical (unpaired) electrons. The zero-order chi connectivity index (χ0) is 55.0. The number of aromatic nitrogens is 10. The standard InChI is InChI=1S/C30H23Cl2F5N5O4P.C16H15F3N5O4P.2CH4/c1-18(29-28(37)11-38-15-40-29)30(14-42-17-39-16-41-42,22-9-8-19(33)10-27(22)36)46-47(43,44-12-20-23(31)4-2-6-25(20)34)45-13-21-24(32)5-3-7-26(21)35;1-10(15-14(19)5-20-7-22-15)16(28-29(25,26)27,6-24-9-21-8-23-24)12-3-2-11(17)4-13(12)18;;/h2-11,15-18H,12-14H2,1H3;2-5,7-10H,6H2,1H3,(H2,25,26,27);2*1H4/t18-,30+;10-,16+;;/m00../s1. The molecular weight excluding hydrogens is 1130 g/mol. The van der Waals surface area contributed by atoms with E-state index in [0.717, 1.165) is 83.5 Å². The molecule has 0 unspecified atom stereocenters. The molecule has 8 aromatic rings. The summed E-state index contributed by atoms with van der Waals surface area (Å²) in [5, 5.41) is 7.67. The van der Waals surface area contributed by atoms with Crippen LogP contribution >= 0.6 is 38.8 Å². The Hall–Kier alpha value is -6.44. The smallest absolute Gasteiger partial charge is 0.303 e. The summed E-state index contributed by atoms with van der Waals surface area (Å²) in [5.41, 5.74) is -6.63. The van der Waals surface area contributed by atoms with Crippen LogP contribution in [0.2, 0.25) is 10.0 Å². The lowest BCUT2D eigenvalue weighted by atomic mass is 9.79. The van der Waals surface area contributed by atoms with Gasteiger partial charge in [-0.25, -0.2) is 83.5 Å². The topological polar surface area (TPSA) is 224 Å². The number of phosphoric acid groups is 2. The number of nitrogens with zero attached hydrogens (tertiary/aromatic N) is 10. The van der Waals surface area contributed by atoms with Gasteiger partial charge in [-0.1, -0.05) is 76.2 Å². The lowest BCUT2D eigenvalue weighted by molar-refractivity contribution is -0.0331. The zero-order valence-electron chi connectivity index (χ0n) is 39.0. The highest BCUT2D eigenvalue weighted by molar-refractivity contribution is 7.48. The SMILES string of the molecule is C.C.C[C@@H](c1ncncc1F)[C@@](Cn1cncn1)(OP(=O)(O)O)c1ccc(F)cc1F.C[C@@H](c1ncncc1F)[C@@](Cn1cncn1)(OP(=O)(OCc1c(F)cccc1Cl)OCc1c(F)cccc1Cl)c1ccc(F)cc1F. The highest BCUT2D eigenvalue weighted by atomic mass is 35.5. The lowest BCUT2D eigenvalue weighted by Crippen LogP contribution is -2.41. The fourth-order valence-corrected chi connectivity index (χ4v) is 10.5. The average molecular weight is 1180 g/mol. The third kappa shape index (κ3) is 14.6. The molecule has 416 valence electrons. The molecule has 4 aromatic heterocycles. The minimum Gasteiger partial charge on any atom is -0.303 e. The van der Waals surface area contributed by atoms with Crippen LogP contribution in [-0.4, -0.2) is 59.3 Å². The van der Waals surface area contributed by atoms with Crippen molar-refractivity contribution in [3.63, 3.8) is 0 Å². The second-order valence-electron chi connectivity index (χ2n) is 16.2. The van der Waals surface area contributed by atoms with Crippen molar-refractivity contribution in [2.24, 2.45) is 0 Å². The number of hydrogen-bond donors (Lipinski definition) is 2. The maximum Gasteiger partial charge on any atom is 0.476 e. The van der Waals surface area contributed by atoms with E-state index in [2.05, 4.69) is 40.1 Å². The average Bonchev–Trinajstić information content (AvgIpc) is 4.22. The summed E-state index contributed by atoms with van der Waals surface area (Å²) in [4.78, 5) is 41.7. The normalized spacial score (nSPS) is 13.9. The van der Waals surface area contributed by atoms with E-state index in [-0.39, 0.29) is 47.4 Å². The quantitative estimate of drug-likeness (QED) is 0.0534. The van der Waals surface area contributed by atoms with Gasteiger partial charge in [0.1, 0.15) is 84.1 Å². The molecule has 0 aliphatic heterocycles. The Morgan fingerprint density at radius 2 is 0.974 bits per heavy atom. The first-order chi connectivity index (χ1) is 36.0. The van der Waals surface area contributed by atoms with E-state index in [1.807, 2.05) is 0 Å². The summed E-state index contributed by atoms with van der Waals surface area (Å²) in [5.74, 6) is -10.5. The van der Waals surface area contributed by atoms with Crippen molar-refractivity contribution in [3.8, 4) is 0 Å². The fourth-order valence-electron chi connectivity index (χ4n) is 7.85. The van der Waals surface area contributed by atoms with E-state index in [1.165, 1.54) is 50.8 Å². The van der Waals surface area contributed by atoms with Gasteiger partial charge >= 0.3 is 15.6 Å². The predicted octanol–water partition coefficient (Wildman–Crippen LogP) is 11.9. The Labute approximate surface area is 450 Å². The number of halogens is 10. The maximum atomic E-state index is 15.8. The van der Waals surface area contributed by atoms with Gasteiger partial charge in [0.15, 0.2) is 11.6 Å². The molecule has 0 aliphatic rings. The van der Waals surface area contributed by atoms with Crippen molar-refractivity contribution >= 4 is 38.8 Å². The largest absolute Gasteiger partial charge is 0.476 e. The van der Waals surface area contributed by atoms with Gasteiger partial charge < -0.3 is 9.79 Å². The maximum absolute atomic E-state index is 15.8. The van der Waals surface area contributed by atoms with E-state index in [0.29, 0.717) is 12.1 Å². The van der Waals surface area contributed by atoms with Crippen LogP contribution in [-0.2, 0) is 64.7 Å². The molecule has 78 heavy (non-hydrogen) atoms. The second-order valence-corrected chi connectivity index (χ2v) is 19.8. The minimum atomic E-state index is -5.28. The van der Waals surface area contributed by atoms with E-state index >= 15 is 8.78 Å². The molecule has 0 spiro atoms. The highest BCUT2D eigenvalue weighted by Crippen LogP contribution is 2.60. The second kappa shape index (κ2) is 26.5. The van der Waals surface area contributed by atoms with Crippen LogP contribution in [0.1, 0.15) is 74.2 Å². The third-order valence-corrected chi connectivity index (χ3v) is 14.2. The Bertz CT molecular complexity index is 3300. The number of rotatable bonds is 20. The molecule has 0 saturated carbocycles. The van der Waals surface area contributed by atoms with Crippen LogP contribution in [0.5, 0.6) is 0 Å². The molecule has 4 heterocycles. The van der Waals surface area contributed by atoms with E-state index < -0.39 is 123 Å². The molecule has 0 aliphatic carbocycles. The van der Waals surface area contributed by atoms with Gasteiger partial charge in [0.2, 0.25) is 0 Å². The van der Waals surface area contributed by atoms with Crippen molar-refractivity contribution in [2.75, 3.05) is 0 Å². The molecule has 4 aromatic carbocycles. The minimum absolute atomic E-state index is 0. The van der Waals surface area contributed by atoms with Crippen LogP contribution in [0.4, 0.5) is 35.1 Å². The van der Waals surface area contributed by atoms with Crippen LogP contribution in [0.15, 0.2) is 123 Å². The number of benzene rings is 4. The first-order valence-corrected chi connectivity index (χ1v) is 25.5. The number of hydrogen-bond acceptors (Lipinski definition) is 14. The molecule has 8 rings (SSSR count). The fraction of sp³-hybridized carbons (Fsp3) is 0.250. The summed E-state index contributed by atoms with van der Waals surface area (Å²) >= 11 is 12.3. The monoisotopic (exact) mass is 1170 g/mol. The lowest BCUT2D eigenvalue weighted by Gasteiger charge is -2.40. The summed E-state index contributed by atoms with van der Waals surface area (Å²) < 4.78 is 169. The van der Waals surface area contributed by atoms with Gasteiger partial charge in [-0.05, 0) is 36.4 Å². The van der Waals surface area contributed by atoms with Gasteiger partial charge in [0.25, 0.3) is 0 Å². The molecule has 0 fully saturated rings. The van der Waals surface area contributed by atoms with Gasteiger partial charge in [-0.3, -0.25) is 18.1 Å². The molecule has 0 bridgehead atoms. The van der Waals surface area contributed by atoms with Crippen molar-refractivity contribution in [3.05, 3.63) is 213 Å². The van der Waals surface area contributed by atoms with Crippen LogP contribution in [0.25, 0.3) is 0 Å². The summed E-state index contributed by atoms with van der Waals surface area (Å²) in [6, 6.07) is 12.3. The first kappa shape index (κ1) is 62.4. The van der Waals surface area contributed by atoms with E-state index in [4.69, 9.17) is 41.3 Å². The Morgan fingerprint density at radius 1 is 0.564 bits per heavy atom. The first-order valence-electron chi connectivity index (χ1n) is 21.7. The van der Waals surface area contributed by atoms with Crippen molar-refractivity contribution in [1.82, 2.24) is 49.5 Å². The highest BCUT2D eigenvalue weighted by Gasteiger charge is 2.52. The molecule has 30 heteroatoms. The van der Waals surface area contributed by atoms with Gasteiger partial charge in [0.05, 0.1) is 50.1 Å². The number of phosphoric ester groups is 2. The van der Waals surface area contributed by atoms with Crippen LogP contribution < -0.4 is 0 Å². The molecule has 0 saturated heterocycles. The molecule has 18 nitrogen and oxygen atoms in total. The van der Waals surface area contributed by atoms with Crippen LogP contribution in [0.3, 0.4) is 0 Å². The summed E-state index contributed by atoms with van der Waals surface area (Å²) in [6.07, 6.45) is 8.39. The molecular formula is C48H46Cl2F8N10O8P2. The van der Waals surface area contributed by atoms with Crippen molar-refractivity contribution < 1.29 is 72.1 Å².